The molecule has 1 aromatic heterocycles. The Labute approximate surface area is 119 Å². The number of para-hydroxylation sites is 1. The highest BCUT2D eigenvalue weighted by Crippen LogP contribution is 2.29. The number of ether oxygens (including phenoxy) is 1. The van der Waals surface area contributed by atoms with Crippen molar-refractivity contribution in [1.82, 2.24) is 9.97 Å². The van der Waals surface area contributed by atoms with Gasteiger partial charge in [0.2, 0.25) is 5.88 Å². The number of anilines is 1. The van der Waals surface area contributed by atoms with Crippen molar-refractivity contribution in [2.24, 2.45) is 0 Å². The lowest BCUT2D eigenvalue weighted by Crippen LogP contribution is -2.03. The van der Waals surface area contributed by atoms with Gasteiger partial charge in [-0.25, -0.2) is 4.98 Å². The first-order valence-electron chi connectivity index (χ1n) is 6.58. The molecule has 1 heterocycles. The maximum Gasteiger partial charge on any atom is 0.227 e. The highest BCUT2D eigenvalue weighted by Gasteiger charge is 2.11. The molecule has 0 atom stereocenters. The van der Waals surface area contributed by atoms with E-state index >= 15 is 0 Å². The van der Waals surface area contributed by atoms with E-state index in [9.17, 15) is 0 Å². The van der Waals surface area contributed by atoms with Crippen LogP contribution in [0, 0.1) is 13.8 Å². The van der Waals surface area contributed by atoms with E-state index in [1.807, 2.05) is 64.2 Å². The maximum atomic E-state index is 5.97. The summed E-state index contributed by atoms with van der Waals surface area (Å²) < 4.78 is 5.97. The summed E-state index contributed by atoms with van der Waals surface area (Å²) in [5, 5.41) is 3.06. The number of hydrogen-bond acceptors (Lipinski definition) is 4. The van der Waals surface area contributed by atoms with Crippen LogP contribution in [0.1, 0.15) is 23.9 Å². The summed E-state index contributed by atoms with van der Waals surface area (Å²) >= 11 is 0. The third-order valence-corrected chi connectivity index (χ3v) is 2.92. The lowest BCUT2D eigenvalue weighted by Gasteiger charge is -2.13. The SMILES string of the molecule is C/C=C/c1ccccc1Oc1nc(C)nc(NC)c1C. The van der Waals surface area contributed by atoms with Gasteiger partial charge >= 0.3 is 0 Å². The average Bonchev–Trinajstić information content (AvgIpc) is 2.44. The lowest BCUT2D eigenvalue weighted by atomic mass is 10.2. The summed E-state index contributed by atoms with van der Waals surface area (Å²) in [4.78, 5) is 8.72. The molecule has 0 unspecified atom stereocenters. The van der Waals surface area contributed by atoms with Gasteiger partial charge in [0.1, 0.15) is 17.4 Å². The monoisotopic (exact) mass is 269 g/mol. The number of allylic oxidation sites excluding steroid dienone is 1. The van der Waals surface area contributed by atoms with Crippen molar-refractivity contribution >= 4 is 11.9 Å². The van der Waals surface area contributed by atoms with Gasteiger partial charge in [-0.05, 0) is 26.8 Å². The molecule has 0 aliphatic carbocycles. The first-order chi connectivity index (χ1) is 9.65. The van der Waals surface area contributed by atoms with E-state index < -0.39 is 0 Å². The van der Waals surface area contributed by atoms with Crippen molar-refractivity contribution in [2.45, 2.75) is 20.8 Å². The van der Waals surface area contributed by atoms with Crippen LogP contribution in [-0.2, 0) is 0 Å². The molecule has 2 aromatic rings. The van der Waals surface area contributed by atoms with Gasteiger partial charge in [-0.3, -0.25) is 0 Å². The normalized spacial score (nSPS) is 10.8. The number of hydrogen-bond donors (Lipinski definition) is 1. The Balaban J connectivity index is 2.42. The smallest absolute Gasteiger partial charge is 0.227 e. The third-order valence-electron chi connectivity index (χ3n) is 2.92. The molecule has 4 heteroatoms. The fourth-order valence-electron chi connectivity index (χ4n) is 1.94. The molecular formula is C16H19N3O. The fraction of sp³-hybridized carbons (Fsp3) is 0.250. The van der Waals surface area contributed by atoms with E-state index in [1.54, 1.807) is 0 Å². The molecule has 0 bridgehead atoms. The molecule has 2 rings (SSSR count). The van der Waals surface area contributed by atoms with Crippen molar-refractivity contribution < 1.29 is 4.74 Å². The first kappa shape index (κ1) is 14.1. The van der Waals surface area contributed by atoms with Crippen LogP contribution in [0.25, 0.3) is 6.08 Å². The van der Waals surface area contributed by atoms with Crippen molar-refractivity contribution in [3.05, 3.63) is 47.3 Å². The van der Waals surface area contributed by atoms with E-state index in [2.05, 4.69) is 15.3 Å². The topological polar surface area (TPSA) is 47.0 Å². The molecule has 0 radical (unpaired) electrons. The van der Waals surface area contributed by atoms with Crippen LogP contribution in [0.3, 0.4) is 0 Å². The predicted molar refractivity (Wildman–Crippen MR) is 82.3 cm³/mol. The minimum Gasteiger partial charge on any atom is -0.438 e. The Morgan fingerprint density at radius 1 is 1.15 bits per heavy atom. The zero-order valence-electron chi connectivity index (χ0n) is 12.3. The highest BCUT2D eigenvalue weighted by molar-refractivity contribution is 5.58. The molecule has 20 heavy (non-hydrogen) atoms. The largest absolute Gasteiger partial charge is 0.438 e. The Bertz CT molecular complexity index is 636. The second kappa shape index (κ2) is 6.19. The van der Waals surface area contributed by atoms with Crippen LogP contribution in [-0.4, -0.2) is 17.0 Å². The second-order valence-electron chi connectivity index (χ2n) is 4.44. The lowest BCUT2D eigenvalue weighted by molar-refractivity contribution is 0.455. The maximum absolute atomic E-state index is 5.97. The summed E-state index contributed by atoms with van der Waals surface area (Å²) in [7, 11) is 1.84. The van der Waals surface area contributed by atoms with Crippen molar-refractivity contribution in [1.29, 1.82) is 0 Å². The third kappa shape index (κ3) is 2.96. The van der Waals surface area contributed by atoms with Crippen molar-refractivity contribution in [3.63, 3.8) is 0 Å². The zero-order chi connectivity index (χ0) is 14.5. The molecule has 104 valence electrons. The van der Waals surface area contributed by atoms with Gasteiger partial charge in [0.25, 0.3) is 0 Å². The van der Waals surface area contributed by atoms with E-state index in [-0.39, 0.29) is 0 Å². The summed E-state index contributed by atoms with van der Waals surface area (Å²) in [6.07, 6.45) is 4.00. The molecule has 0 amide bonds. The number of aryl methyl sites for hydroxylation is 1. The molecule has 0 aliphatic rings. The van der Waals surface area contributed by atoms with Crippen LogP contribution in [0.15, 0.2) is 30.3 Å². The summed E-state index contributed by atoms with van der Waals surface area (Å²) in [6.45, 7) is 5.78. The van der Waals surface area contributed by atoms with Gasteiger partial charge < -0.3 is 10.1 Å². The molecule has 1 N–H and O–H groups in total. The molecule has 0 spiro atoms. The predicted octanol–water partition coefficient (Wildman–Crippen LogP) is 3.96. The Morgan fingerprint density at radius 3 is 2.60 bits per heavy atom. The van der Waals surface area contributed by atoms with E-state index in [0.717, 1.165) is 22.7 Å². The standard InChI is InChI=1S/C16H19N3O/c1-5-8-13-9-6-7-10-14(13)20-16-11(2)15(17-4)18-12(3)19-16/h5-10H,1-4H3,(H,17,18,19)/b8-5+. The number of nitrogens with one attached hydrogen (secondary N) is 1. The summed E-state index contributed by atoms with van der Waals surface area (Å²) in [5.41, 5.74) is 1.92. The average molecular weight is 269 g/mol. The second-order valence-corrected chi connectivity index (χ2v) is 4.44. The highest BCUT2D eigenvalue weighted by atomic mass is 16.5. The van der Waals surface area contributed by atoms with Crippen LogP contribution in [0.4, 0.5) is 5.82 Å². The number of rotatable bonds is 4. The van der Waals surface area contributed by atoms with Crippen LogP contribution in [0.2, 0.25) is 0 Å². The van der Waals surface area contributed by atoms with Gasteiger partial charge in [0, 0.05) is 12.6 Å². The number of nitrogens with zero attached hydrogens (tertiary/aromatic N) is 2. The Kier molecular flexibility index (Phi) is 4.35. The quantitative estimate of drug-likeness (QED) is 0.912. The first-order valence-corrected chi connectivity index (χ1v) is 6.58. The Morgan fingerprint density at radius 2 is 1.90 bits per heavy atom. The fourth-order valence-corrected chi connectivity index (χ4v) is 1.94. The van der Waals surface area contributed by atoms with E-state index in [0.29, 0.717) is 11.7 Å². The molecule has 0 aliphatic heterocycles. The summed E-state index contributed by atoms with van der Waals surface area (Å²) in [6, 6.07) is 7.88. The van der Waals surface area contributed by atoms with E-state index in [4.69, 9.17) is 4.74 Å². The van der Waals surface area contributed by atoms with Crippen molar-refractivity contribution in [3.8, 4) is 11.6 Å². The molecule has 0 saturated carbocycles. The van der Waals surface area contributed by atoms with Gasteiger partial charge in [-0.1, -0.05) is 30.4 Å². The van der Waals surface area contributed by atoms with Gasteiger partial charge in [0.15, 0.2) is 0 Å². The zero-order valence-corrected chi connectivity index (χ0v) is 12.3. The number of aromatic nitrogens is 2. The molecule has 1 aromatic carbocycles. The van der Waals surface area contributed by atoms with E-state index in [1.165, 1.54) is 0 Å². The Hall–Kier alpha value is -2.36. The van der Waals surface area contributed by atoms with Crippen LogP contribution >= 0.6 is 0 Å². The molecule has 0 fully saturated rings. The number of benzene rings is 1. The summed E-state index contributed by atoms with van der Waals surface area (Å²) in [5.74, 6) is 2.84. The van der Waals surface area contributed by atoms with Crippen molar-refractivity contribution in [2.75, 3.05) is 12.4 Å². The molecule has 4 nitrogen and oxygen atoms in total. The minimum absolute atomic E-state index is 0.582. The molecule has 0 saturated heterocycles. The minimum atomic E-state index is 0.582. The van der Waals surface area contributed by atoms with Crippen LogP contribution in [0.5, 0.6) is 11.6 Å². The molecular weight excluding hydrogens is 250 g/mol. The van der Waals surface area contributed by atoms with Gasteiger partial charge in [-0.2, -0.15) is 4.98 Å². The van der Waals surface area contributed by atoms with Gasteiger partial charge in [-0.15, -0.1) is 0 Å². The van der Waals surface area contributed by atoms with Gasteiger partial charge in [0.05, 0.1) is 5.56 Å². The van der Waals surface area contributed by atoms with Crippen LogP contribution < -0.4 is 10.1 Å².